The Balaban J connectivity index is 1.67. The third kappa shape index (κ3) is 5.29. The maximum absolute atomic E-state index is 5.86. The number of ether oxygens (including phenoxy) is 1. The molecule has 2 aliphatic rings. The Kier molecular flexibility index (Phi) is 7.10. The minimum atomic E-state index is 0.435. The topological polar surface area (TPSA) is 19.0 Å². The van der Waals surface area contributed by atoms with E-state index >= 15 is 0 Å². The van der Waals surface area contributed by atoms with Gasteiger partial charge in [0.2, 0.25) is 0 Å². The fraction of sp³-hybridized carbons (Fsp3) is 0.727. The van der Waals surface area contributed by atoms with Crippen molar-refractivity contribution in [2.75, 3.05) is 52.9 Å². The van der Waals surface area contributed by atoms with Crippen molar-refractivity contribution in [2.45, 2.75) is 52.8 Å². The average Bonchev–Trinajstić information content (AvgIpc) is 3.13. The highest BCUT2D eigenvalue weighted by Gasteiger charge is 2.20. The number of rotatable bonds is 7. The van der Waals surface area contributed by atoms with Crippen LogP contribution < -0.4 is 0 Å². The fourth-order valence-corrected chi connectivity index (χ4v) is 4.21. The quantitative estimate of drug-likeness (QED) is 0.745. The van der Waals surface area contributed by atoms with Gasteiger partial charge < -0.3 is 9.64 Å². The number of hydrogen-bond acceptors (Lipinski definition) is 4. The second kappa shape index (κ2) is 9.32. The number of piperazine rings is 1. The zero-order chi connectivity index (χ0) is 18.5. The molecule has 146 valence electrons. The lowest BCUT2D eigenvalue weighted by Gasteiger charge is -2.33. The second-order valence-electron chi connectivity index (χ2n) is 8.25. The van der Waals surface area contributed by atoms with Gasteiger partial charge >= 0.3 is 0 Å². The van der Waals surface area contributed by atoms with E-state index < -0.39 is 0 Å². The zero-order valence-electron chi connectivity index (χ0n) is 17.3. The lowest BCUT2D eigenvalue weighted by atomic mass is 9.98. The molecule has 0 spiro atoms. The van der Waals surface area contributed by atoms with Crippen molar-refractivity contribution >= 4 is 0 Å². The predicted molar refractivity (Wildman–Crippen MR) is 109 cm³/mol. The second-order valence-corrected chi connectivity index (χ2v) is 8.25. The van der Waals surface area contributed by atoms with Gasteiger partial charge in [0, 0.05) is 52.4 Å². The molecule has 0 bridgehead atoms. The van der Waals surface area contributed by atoms with Crippen LogP contribution in [0.5, 0.6) is 0 Å². The van der Waals surface area contributed by atoms with Crippen LogP contribution >= 0.6 is 0 Å². The standard InChI is InChI=1S/C22H37N3O/c1-5-24(17-22-7-6-12-26-22)15-20-13-18(2)14-21(19(20)3)16-25-10-8-23(4)9-11-25/h13-14,22H,5-12,15-17H2,1-4H3/t22-/m0/s1. The van der Waals surface area contributed by atoms with E-state index in [2.05, 4.69) is 54.7 Å². The Hall–Kier alpha value is -0.940. The van der Waals surface area contributed by atoms with E-state index in [9.17, 15) is 0 Å². The molecule has 4 heteroatoms. The van der Waals surface area contributed by atoms with E-state index in [0.29, 0.717) is 6.10 Å². The molecule has 0 N–H and O–H groups in total. The summed E-state index contributed by atoms with van der Waals surface area (Å²) in [6.45, 7) is 16.8. The molecule has 1 atom stereocenters. The zero-order valence-corrected chi connectivity index (χ0v) is 17.3. The van der Waals surface area contributed by atoms with Crippen LogP contribution in [-0.2, 0) is 17.8 Å². The van der Waals surface area contributed by atoms with Gasteiger partial charge in [0.05, 0.1) is 6.10 Å². The molecule has 0 amide bonds. The van der Waals surface area contributed by atoms with Crippen LogP contribution in [0, 0.1) is 13.8 Å². The SMILES string of the molecule is CCN(Cc1cc(C)cc(CN2CCN(C)CC2)c1C)C[C@@H]1CCCO1. The van der Waals surface area contributed by atoms with Gasteiger partial charge in [-0.25, -0.2) is 0 Å². The normalized spacial score (nSPS) is 22.4. The number of aryl methyl sites for hydroxylation is 1. The van der Waals surface area contributed by atoms with Crippen LogP contribution in [0.3, 0.4) is 0 Å². The Labute approximate surface area is 160 Å². The molecular weight excluding hydrogens is 322 g/mol. The summed E-state index contributed by atoms with van der Waals surface area (Å²) in [5, 5.41) is 0. The summed E-state index contributed by atoms with van der Waals surface area (Å²) in [5.41, 5.74) is 5.88. The molecule has 2 heterocycles. The van der Waals surface area contributed by atoms with Crippen LogP contribution in [0.1, 0.15) is 42.0 Å². The summed E-state index contributed by atoms with van der Waals surface area (Å²) < 4.78 is 5.86. The molecular formula is C22H37N3O. The van der Waals surface area contributed by atoms with E-state index in [0.717, 1.165) is 32.8 Å². The lowest BCUT2D eigenvalue weighted by molar-refractivity contribution is 0.0724. The highest BCUT2D eigenvalue weighted by molar-refractivity contribution is 5.38. The van der Waals surface area contributed by atoms with Crippen molar-refractivity contribution in [3.8, 4) is 0 Å². The maximum Gasteiger partial charge on any atom is 0.0702 e. The summed E-state index contributed by atoms with van der Waals surface area (Å²) in [5.74, 6) is 0. The molecule has 2 saturated heterocycles. The lowest BCUT2D eigenvalue weighted by Crippen LogP contribution is -2.44. The predicted octanol–water partition coefficient (Wildman–Crippen LogP) is 3.05. The van der Waals surface area contributed by atoms with Gasteiger partial charge in [0.15, 0.2) is 0 Å². The van der Waals surface area contributed by atoms with Gasteiger partial charge in [-0.05, 0) is 57.0 Å². The maximum atomic E-state index is 5.86. The van der Waals surface area contributed by atoms with E-state index in [-0.39, 0.29) is 0 Å². The summed E-state index contributed by atoms with van der Waals surface area (Å²) in [6, 6.07) is 4.79. The molecule has 1 aromatic rings. The van der Waals surface area contributed by atoms with Gasteiger partial charge in [-0.15, -0.1) is 0 Å². The first-order valence-corrected chi connectivity index (χ1v) is 10.4. The van der Waals surface area contributed by atoms with Crippen LogP contribution in [-0.4, -0.2) is 73.7 Å². The van der Waals surface area contributed by atoms with Crippen molar-refractivity contribution in [3.63, 3.8) is 0 Å². The van der Waals surface area contributed by atoms with Crippen molar-refractivity contribution in [1.82, 2.24) is 14.7 Å². The summed E-state index contributed by atoms with van der Waals surface area (Å²) in [6.07, 6.45) is 2.88. The van der Waals surface area contributed by atoms with Crippen molar-refractivity contribution in [1.29, 1.82) is 0 Å². The van der Waals surface area contributed by atoms with Crippen LogP contribution in [0.4, 0.5) is 0 Å². The summed E-state index contributed by atoms with van der Waals surface area (Å²) in [4.78, 5) is 7.59. The molecule has 0 aliphatic carbocycles. The van der Waals surface area contributed by atoms with E-state index in [1.807, 2.05) is 0 Å². The molecule has 0 aromatic heterocycles. The van der Waals surface area contributed by atoms with E-state index in [4.69, 9.17) is 4.74 Å². The minimum absolute atomic E-state index is 0.435. The van der Waals surface area contributed by atoms with Crippen molar-refractivity contribution in [2.24, 2.45) is 0 Å². The first-order valence-electron chi connectivity index (χ1n) is 10.4. The van der Waals surface area contributed by atoms with Gasteiger partial charge in [-0.1, -0.05) is 24.6 Å². The molecule has 0 saturated carbocycles. The Bertz CT molecular complexity index is 575. The van der Waals surface area contributed by atoms with E-state index in [1.165, 1.54) is 61.3 Å². The van der Waals surface area contributed by atoms with Gasteiger partial charge in [0.25, 0.3) is 0 Å². The number of likely N-dealkylation sites (N-methyl/N-ethyl adjacent to an activating group) is 2. The van der Waals surface area contributed by atoms with Crippen molar-refractivity contribution < 1.29 is 4.74 Å². The van der Waals surface area contributed by atoms with Gasteiger partial charge in [0.1, 0.15) is 0 Å². The molecule has 26 heavy (non-hydrogen) atoms. The molecule has 1 aromatic carbocycles. The molecule has 0 radical (unpaired) electrons. The highest BCUT2D eigenvalue weighted by atomic mass is 16.5. The number of hydrogen-bond donors (Lipinski definition) is 0. The van der Waals surface area contributed by atoms with Gasteiger partial charge in [-0.3, -0.25) is 9.80 Å². The number of benzene rings is 1. The summed E-state index contributed by atoms with van der Waals surface area (Å²) >= 11 is 0. The third-order valence-electron chi connectivity index (χ3n) is 6.08. The number of nitrogens with zero attached hydrogens (tertiary/aromatic N) is 3. The Morgan fingerprint density at radius 2 is 1.85 bits per heavy atom. The Morgan fingerprint density at radius 3 is 2.50 bits per heavy atom. The highest BCUT2D eigenvalue weighted by Crippen LogP contribution is 2.22. The Morgan fingerprint density at radius 1 is 1.12 bits per heavy atom. The van der Waals surface area contributed by atoms with Crippen molar-refractivity contribution in [3.05, 3.63) is 34.4 Å². The minimum Gasteiger partial charge on any atom is -0.377 e. The first kappa shape index (κ1) is 19.8. The van der Waals surface area contributed by atoms with Gasteiger partial charge in [-0.2, -0.15) is 0 Å². The molecule has 2 aliphatic heterocycles. The largest absolute Gasteiger partial charge is 0.377 e. The molecule has 2 fully saturated rings. The third-order valence-corrected chi connectivity index (χ3v) is 6.08. The molecule has 4 nitrogen and oxygen atoms in total. The molecule has 0 unspecified atom stereocenters. The smallest absolute Gasteiger partial charge is 0.0702 e. The molecule has 3 rings (SSSR count). The fourth-order valence-electron chi connectivity index (χ4n) is 4.21. The first-order chi connectivity index (χ1) is 12.5. The van der Waals surface area contributed by atoms with E-state index in [1.54, 1.807) is 0 Å². The average molecular weight is 360 g/mol. The summed E-state index contributed by atoms with van der Waals surface area (Å²) in [7, 11) is 2.22. The van der Waals surface area contributed by atoms with Crippen LogP contribution in [0.15, 0.2) is 12.1 Å². The van der Waals surface area contributed by atoms with Crippen LogP contribution in [0.2, 0.25) is 0 Å². The monoisotopic (exact) mass is 359 g/mol. The van der Waals surface area contributed by atoms with Crippen LogP contribution in [0.25, 0.3) is 0 Å².